The van der Waals surface area contributed by atoms with Crippen molar-refractivity contribution < 1.29 is 0 Å². The number of guanidine groups is 1. The number of hydrogen-bond acceptors (Lipinski definition) is 4. The lowest BCUT2D eigenvalue weighted by Gasteiger charge is -2.30. The number of hydrogen-bond donors (Lipinski definition) is 2. The second-order valence-electron chi connectivity index (χ2n) is 5.91. The molecule has 0 saturated heterocycles. The van der Waals surface area contributed by atoms with Crippen LogP contribution in [0, 0.1) is 0 Å². The summed E-state index contributed by atoms with van der Waals surface area (Å²) in [6.45, 7) is 8.06. The molecule has 0 aliphatic rings. The normalized spacial score (nSPS) is 13.0. The van der Waals surface area contributed by atoms with Gasteiger partial charge in [-0.15, -0.1) is 0 Å². The third-order valence-corrected chi connectivity index (χ3v) is 5.29. The Bertz CT molecular complexity index is 653. The average molecular weight is 394 g/mol. The molecule has 0 fully saturated rings. The summed E-state index contributed by atoms with van der Waals surface area (Å²) in [5, 5.41) is 11.7. The maximum atomic E-state index is 5.82. The number of nitrogens with one attached hydrogen (secondary N) is 2. The number of halogens is 1. The first-order valence-corrected chi connectivity index (χ1v) is 10.3. The van der Waals surface area contributed by atoms with Crippen LogP contribution in [0.15, 0.2) is 40.1 Å². The fourth-order valence-corrected chi connectivity index (χ4v) is 3.70. The van der Waals surface area contributed by atoms with Crippen LogP contribution in [0.1, 0.15) is 31.0 Å². The standard InChI is InChI=1S/C19H28ClN5S/c1-4-25(5-2)17(16-9-11-26-14-16)13-24-19(21-3)22-10-8-15-6-7-18(20)23-12-15/h6-7,9,11-12,14,17H,4-5,8,10,13H2,1-3H3,(H2,21,22,24). The van der Waals surface area contributed by atoms with E-state index in [4.69, 9.17) is 11.6 Å². The first kappa shape index (κ1) is 20.7. The van der Waals surface area contributed by atoms with E-state index in [1.165, 1.54) is 5.56 Å². The van der Waals surface area contributed by atoms with Gasteiger partial charge in [-0.2, -0.15) is 11.3 Å². The van der Waals surface area contributed by atoms with E-state index in [-0.39, 0.29) is 0 Å². The van der Waals surface area contributed by atoms with Crippen LogP contribution < -0.4 is 10.6 Å². The zero-order valence-corrected chi connectivity index (χ0v) is 17.3. The molecule has 0 spiro atoms. The summed E-state index contributed by atoms with van der Waals surface area (Å²) in [6.07, 6.45) is 2.68. The monoisotopic (exact) mass is 393 g/mol. The molecule has 1 atom stereocenters. The maximum absolute atomic E-state index is 5.82. The largest absolute Gasteiger partial charge is 0.356 e. The van der Waals surface area contributed by atoms with Crippen LogP contribution in [0.25, 0.3) is 0 Å². The van der Waals surface area contributed by atoms with Gasteiger partial charge in [0.2, 0.25) is 0 Å². The number of thiophene rings is 1. The molecule has 0 aromatic carbocycles. The highest BCUT2D eigenvalue weighted by Crippen LogP contribution is 2.22. The Morgan fingerprint density at radius 3 is 2.65 bits per heavy atom. The maximum Gasteiger partial charge on any atom is 0.191 e. The van der Waals surface area contributed by atoms with E-state index in [2.05, 4.69) is 56.2 Å². The molecule has 0 amide bonds. The Morgan fingerprint density at radius 1 is 1.27 bits per heavy atom. The SMILES string of the molecule is CCN(CC)C(CNC(=NC)NCCc1ccc(Cl)nc1)c1ccsc1. The number of aromatic nitrogens is 1. The highest BCUT2D eigenvalue weighted by Gasteiger charge is 2.18. The molecule has 26 heavy (non-hydrogen) atoms. The van der Waals surface area contributed by atoms with Crippen LogP contribution in [0.4, 0.5) is 0 Å². The molecule has 0 aliphatic heterocycles. The van der Waals surface area contributed by atoms with Crippen molar-refractivity contribution in [2.75, 3.05) is 33.2 Å². The number of pyridine rings is 1. The molecule has 142 valence electrons. The number of likely N-dealkylation sites (N-methyl/N-ethyl adjacent to an activating group) is 1. The van der Waals surface area contributed by atoms with Crippen molar-refractivity contribution in [3.05, 3.63) is 51.4 Å². The lowest BCUT2D eigenvalue weighted by atomic mass is 10.1. The molecule has 0 saturated carbocycles. The summed E-state index contributed by atoms with van der Waals surface area (Å²) in [6, 6.07) is 6.37. The van der Waals surface area contributed by atoms with Gasteiger partial charge in [-0.25, -0.2) is 4.98 Å². The predicted molar refractivity (Wildman–Crippen MR) is 112 cm³/mol. The van der Waals surface area contributed by atoms with Gasteiger partial charge in [0, 0.05) is 26.3 Å². The molecule has 5 nitrogen and oxygen atoms in total. The van der Waals surface area contributed by atoms with Crippen molar-refractivity contribution in [2.45, 2.75) is 26.3 Å². The Balaban J connectivity index is 1.86. The summed E-state index contributed by atoms with van der Waals surface area (Å²) in [7, 11) is 1.80. The summed E-state index contributed by atoms with van der Waals surface area (Å²) < 4.78 is 0. The summed E-state index contributed by atoms with van der Waals surface area (Å²) in [4.78, 5) is 10.9. The fraction of sp³-hybridized carbons (Fsp3) is 0.474. The molecule has 2 aromatic rings. The Kier molecular flexibility index (Phi) is 8.88. The minimum absolute atomic E-state index is 0.343. The van der Waals surface area contributed by atoms with E-state index in [0.717, 1.165) is 44.1 Å². The van der Waals surface area contributed by atoms with Crippen molar-refractivity contribution in [3.8, 4) is 0 Å². The minimum atomic E-state index is 0.343. The summed E-state index contributed by atoms with van der Waals surface area (Å²) >= 11 is 7.57. The van der Waals surface area contributed by atoms with Gasteiger partial charge >= 0.3 is 0 Å². The smallest absolute Gasteiger partial charge is 0.191 e. The molecule has 0 radical (unpaired) electrons. The van der Waals surface area contributed by atoms with Crippen LogP contribution in [-0.2, 0) is 6.42 Å². The van der Waals surface area contributed by atoms with Gasteiger partial charge in [-0.05, 0) is 53.5 Å². The number of rotatable bonds is 9. The molecule has 2 heterocycles. The van der Waals surface area contributed by atoms with Crippen molar-refractivity contribution in [2.24, 2.45) is 4.99 Å². The summed E-state index contributed by atoms with van der Waals surface area (Å²) in [5.74, 6) is 0.819. The van der Waals surface area contributed by atoms with Gasteiger partial charge in [-0.3, -0.25) is 9.89 Å². The Morgan fingerprint density at radius 2 is 2.08 bits per heavy atom. The van der Waals surface area contributed by atoms with Gasteiger partial charge in [0.05, 0.1) is 6.04 Å². The van der Waals surface area contributed by atoms with Crippen LogP contribution in [0.3, 0.4) is 0 Å². The lowest BCUT2D eigenvalue weighted by molar-refractivity contribution is 0.219. The van der Waals surface area contributed by atoms with Crippen molar-refractivity contribution in [3.63, 3.8) is 0 Å². The molecular formula is C19H28ClN5S. The zero-order chi connectivity index (χ0) is 18.8. The van der Waals surface area contributed by atoms with E-state index >= 15 is 0 Å². The second-order valence-corrected chi connectivity index (χ2v) is 7.08. The lowest BCUT2D eigenvalue weighted by Crippen LogP contribution is -2.43. The second kappa shape index (κ2) is 11.2. The van der Waals surface area contributed by atoms with E-state index in [0.29, 0.717) is 11.2 Å². The molecular weight excluding hydrogens is 366 g/mol. The molecule has 0 bridgehead atoms. The van der Waals surface area contributed by atoms with Gasteiger partial charge in [-0.1, -0.05) is 31.5 Å². The number of nitrogens with zero attached hydrogens (tertiary/aromatic N) is 3. The highest BCUT2D eigenvalue weighted by molar-refractivity contribution is 7.07. The van der Waals surface area contributed by atoms with Crippen LogP contribution in [0.5, 0.6) is 0 Å². The van der Waals surface area contributed by atoms with Crippen LogP contribution >= 0.6 is 22.9 Å². The molecule has 7 heteroatoms. The predicted octanol–water partition coefficient (Wildman–Crippen LogP) is 3.59. The summed E-state index contributed by atoms with van der Waals surface area (Å²) in [5.41, 5.74) is 2.51. The molecule has 2 aromatic heterocycles. The molecule has 2 rings (SSSR count). The van der Waals surface area contributed by atoms with Crippen molar-refractivity contribution in [1.29, 1.82) is 0 Å². The van der Waals surface area contributed by atoms with Gasteiger partial charge in [0.15, 0.2) is 5.96 Å². The van der Waals surface area contributed by atoms with E-state index in [1.54, 1.807) is 18.4 Å². The first-order chi connectivity index (χ1) is 12.7. The molecule has 1 unspecified atom stereocenters. The zero-order valence-electron chi connectivity index (χ0n) is 15.7. The third kappa shape index (κ3) is 6.27. The van der Waals surface area contributed by atoms with Crippen LogP contribution in [-0.4, -0.2) is 49.1 Å². The Hall–Kier alpha value is -1.63. The topological polar surface area (TPSA) is 52.5 Å². The third-order valence-electron chi connectivity index (χ3n) is 4.36. The van der Waals surface area contributed by atoms with Gasteiger partial charge in [0.25, 0.3) is 0 Å². The van der Waals surface area contributed by atoms with Gasteiger partial charge < -0.3 is 10.6 Å². The van der Waals surface area contributed by atoms with Crippen molar-refractivity contribution in [1.82, 2.24) is 20.5 Å². The van der Waals surface area contributed by atoms with E-state index in [1.807, 2.05) is 18.3 Å². The average Bonchev–Trinajstić information content (AvgIpc) is 3.19. The van der Waals surface area contributed by atoms with Gasteiger partial charge in [0.1, 0.15) is 5.15 Å². The van der Waals surface area contributed by atoms with E-state index < -0.39 is 0 Å². The fourth-order valence-electron chi connectivity index (χ4n) is 2.88. The quantitative estimate of drug-likeness (QED) is 0.388. The number of aliphatic imine (C=N–C) groups is 1. The molecule has 0 aliphatic carbocycles. The minimum Gasteiger partial charge on any atom is -0.356 e. The Labute approximate surface area is 165 Å². The van der Waals surface area contributed by atoms with Crippen LogP contribution in [0.2, 0.25) is 5.15 Å². The van der Waals surface area contributed by atoms with Crippen molar-refractivity contribution >= 4 is 28.9 Å². The first-order valence-electron chi connectivity index (χ1n) is 8.99. The highest BCUT2D eigenvalue weighted by atomic mass is 35.5. The molecule has 2 N–H and O–H groups in total. The van der Waals surface area contributed by atoms with E-state index in [9.17, 15) is 0 Å².